The van der Waals surface area contributed by atoms with Crippen molar-refractivity contribution in [3.05, 3.63) is 66.2 Å². The summed E-state index contributed by atoms with van der Waals surface area (Å²) in [6.45, 7) is 0. The van der Waals surface area contributed by atoms with Crippen LogP contribution in [0.3, 0.4) is 0 Å². The molecule has 3 rings (SSSR count). The summed E-state index contributed by atoms with van der Waals surface area (Å²) < 4.78 is 0. The summed E-state index contributed by atoms with van der Waals surface area (Å²) in [4.78, 5) is 12.0. The Morgan fingerprint density at radius 2 is 1.47 bits per heavy atom. The van der Waals surface area contributed by atoms with Crippen molar-refractivity contribution in [3.63, 3.8) is 0 Å². The first kappa shape index (κ1) is 13.3. The van der Waals surface area contributed by atoms with Gasteiger partial charge in [-0.3, -0.25) is 4.79 Å². The SMILES string of the molecule is Cl.O=C1CC(c2ccccc2)=NN1c1ccccc1. The van der Waals surface area contributed by atoms with Crippen LogP contribution in [0.15, 0.2) is 65.8 Å². The highest BCUT2D eigenvalue weighted by Gasteiger charge is 2.25. The minimum atomic E-state index is 0. The molecule has 1 amide bonds. The molecule has 0 aliphatic carbocycles. The molecule has 0 N–H and O–H groups in total. The van der Waals surface area contributed by atoms with E-state index in [0.29, 0.717) is 6.42 Å². The second-order valence-corrected chi connectivity index (χ2v) is 4.13. The fraction of sp³-hybridized carbons (Fsp3) is 0.0667. The number of amides is 1. The van der Waals surface area contributed by atoms with Crippen LogP contribution in [-0.2, 0) is 4.79 Å². The molecule has 0 spiro atoms. The van der Waals surface area contributed by atoms with Gasteiger partial charge in [-0.15, -0.1) is 12.4 Å². The second kappa shape index (κ2) is 5.67. The minimum Gasteiger partial charge on any atom is -0.272 e. The van der Waals surface area contributed by atoms with Crippen molar-refractivity contribution < 1.29 is 4.79 Å². The zero-order valence-electron chi connectivity index (χ0n) is 10.2. The van der Waals surface area contributed by atoms with Gasteiger partial charge in [0.2, 0.25) is 0 Å². The van der Waals surface area contributed by atoms with Gasteiger partial charge < -0.3 is 0 Å². The predicted octanol–water partition coefficient (Wildman–Crippen LogP) is 3.25. The molecule has 4 heteroatoms. The first-order valence-corrected chi connectivity index (χ1v) is 5.85. The average Bonchev–Trinajstić information content (AvgIpc) is 2.83. The van der Waals surface area contributed by atoms with E-state index in [-0.39, 0.29) is 18.3 Å². The zero-order chi connectivity index (χ0) is 12.4. The summed E-state index contributed by atoms with van der Waals surface area (Å²) in [5.74, 6) is 0.0139. The van der Waals surface area contributed by atoms with Gasteiger partial charge in [0.1, 0.15) is 0 Å². The van der Waals surface area contributed by atoms with E-state index in [1.807, 2.05) is 60.7 Å². The van der Waals surface area contributed by atoms with Gasteiger partial charge in [-0.1, -0.05) is 48.5 Å². The fourth-order valence-electron chi connectivity index (χ4n) is 1.99. The lowest BCUT2D eigenvalue weighted by atomic mass is 10.1. The molecule has 0 aromatic heterocycles. The van der Waals surface area contributed by atoms with E-state index in [2.05, 4.69) is 5.10 Å². The van der Waals surface area contributed by atoms with E-state index in [1.54, 1.807) is 0 Å². The number of hydrazone groups is 1. The van der Waals surface area contributed by atoms with Crippen LogP contribution in [0.2, 0.25) is 0 Å². The lowest BCUT2D eigenvalue weighted by Gasteiger charge is -2.10. The molecule has 2 aromatic carbocycles. The van der Waals surface area contributed by atoms with Crippen LogP contribution >= 0.6 is 12.4 Å². The number of hydrogen-bond donors (Lipinski definition) is 0. The lowest BCUT2D eigenvalue weighted by molar-refractivity contribution is -0.116. The maximum absolute atomic E-state index is 12.0. The maximum atomic E-state index is 12.0. The summed E-state index contributed by atoms with van der Waals surface area (Å²) in [5.41, 5.74) is 2.64. The Balaban J connectivity index is 0.00000133. The maximum Gasteiger partial charge on any atom is 0.253 e. The Labute approximate surface area is 118 Å². The molecule has 0 bridgehead atoms. The standard InChI is InChI=1S/C15H12N2O.ClH/c18-15-11-14(12-7-3-1-4-8-12)16-17(15)13-9-5-2-6-10-13;/h1-10H,11H2;1H. The molecule has 96 valence electrons. The average molecular weight is 273 g/mol. The molecular formula is C15H13ClN2O. The molecule has 19 heavy (non-hydrogen) atoms. The third-order valence-corrected chi connectivity index (χ3v) is 2.88. The van der Waals surface area contributed by atoms with Crippen molar-refractivity contribution in [2.45, 2.75) is 6.42 Å². The number of halogens is 1. The Bertz CT molecular complexity index is 596. The molecule has 0 fully saturated rings. The van der Waals surface area contributed by atoms with Gasteiger partial charge in [0.25, 0.3) is 5.91 Å². The summed E-state index contributed by atoms with van der Waals surface area (Å²) in [6, 6.07) is 19.3. The van der Waals surface area contributed by atoms with Gasteiger partial charge in [-0.2, -0.15) is 5.10 Å². The van der Waals surface area contributed by atoms with E-state index in [1.165, 1.54) is 5.01 Å². The second-order valence-electron chi connectivity index (χ2n) is 4.13. The van der Waals surface area contributed by atoms with Crippen LogP contribution in [0.1, 0.15) is 12.0 Å². The van der Waals surface area contributed by atoms with Crippen molar-refractivity contribution in [1.29, 1.82) is 0 Å². The number of nitrogens with zero attached hydrogens (tertiary/aromatic N) is 2. The Hall–Kier alpha value is -2.13. The molecule has 0 unspecified atom stereocenters. The van der Waals surface area contributed by atoms with Crippen molar-refractivity contribution in [2.75, 3.05) is 5.01 Å². The van der Waals surface area contributed by atoms with Crippen molar-refractivity contribution >= 4 is 29.7 Å². The minimum absolute atomic E-state index is 0. The van der Waals surface area contributed by atoms with Crippen LogP contribution in [0.25, 0.3) is 0 Å². The van der Waals surface area contributed by atoms with Gasteiger partial charge in [-0.25, -0.2) is 5.01 Å². The molecule has 0 saturated heterocycles. The molecule has 3 nitrogen and oxygen atoms in total. The van der Waals surface area contributed by atoms with Crippen LogP contribution in [0.4, 0.5) is 5.69 Å². The molecule has 0 saturated carbocycles. The van der Waals surface area contributed by atoms with E-state index >= 15 is 0 Å². The third-order valence-electron chi connectivity index (χ3n) is 2.88. The summed E-state index contributed by atoms with van der Waals surface area (Å²) in [7, 11) is 0. The van der Waals surface area contributed by atoms with Crippen molar-refractivity contribution in [3.8, 4) is 0 Å². The van der Waals surface area contributed by atoms with Gasteiger partial charge in [0, 0.05) is 0 Å². The van der Waals surface area contributed by atoms with Crippen LogP contribution in [0, 0.1) is 0 Å². The molecule has 1 aliphatic rings. The predicted molar refractivity (Wildman–Crippen MR) is 78.8 cm³/mol. The monoisotopic (exact) mass is 272 g/mol. The van der Waals surface area contributed by atoms with Gasteiger partial charge in [0.05, 0.1) is 17.8 Å². The number of rotatable bonds is 2. The number of anilines is 1. The Morgan fingerprint density at radius 1 is 0.895 bits per heavy atom. The number of para-hydroxylation sites is 1. The Morgan fingerprint density at radius 3 is 2.11 bits per heavy atom. The number of carbonyl (C=O) groups is 1. The topological polar surface area (TPSA) is 32.7 Å². The summed E-state index contributed by atoms with van der Waals surface area (Å²) >= 11 is 0. The Kier molecular flexibility index (Phi) is 3.97. The van der Waals surface area contributed by atoms with E-state index in [4.69, 9.17) is 0 Å². The van der Waals surface area contributed by atoms with Gasteiger partial charge >= 0.3 is 0 Å². The quantitative estimate of drug-likeness (QED) is 0.826. The van der Waals surface area contributed by atoms with Crippen LogP contribution in [-0.4, -0.2) is 11.6 Å². The number of hydrogen-bond acceptors (Lipinski definition) is 2. The molecule has 0 atom stereocenters. The first-order valence-electron chi connectivity index (χ1n) is 5.85. The molecule has 0 radical (unpaired) electrons. The molecule has 2 aromatic rings. The van der Waals surface area contributed by atoms with Crippen molar-refractivity contribution in [1.82, 2.24) is 0 Å². The lowest BCUT2D eigenvalue weighted by Crippen LogP contribution is -2.19. The summed E-state index contributed by atoms with van der Waals surface area (Å²) in [6.07, 6.45) is 0.360. The van der Waals surface area contributed by atoms with Crippen molar-refractivity contribution in [2.24, 2.45) is 5.10 Å². The highest BCUT2D eigenvalue weighted by atomic mass is 35.5. The zero-order valence-corrected chi connectivity index (χ0v) is 11.0. The largest absolute Gasteiger partial charge is 0.272 e. The fourth-order valence-corrected chi connectivity index (χ4v) is 1.99. The smallest absolute Gasteiger partial charge is 0.253 e. The normalized spacial score (nSPS) is 14.0. The van der Waals surface area contributed by atoms with E-state index in [0.717, 1.165) is 17.0 Å². The highest BCUT2D eigenvalue weighted by molar-refractivity contribution is 6.19. The van der Waals surface area contributed by atoms with E-state index < -0.39 is 0 Å². The summed E-state index contributed by atoms with van der Waals surface area (Å²) in [5, 5.41) is 5.88. The van der Waals surface area contributed by atoms with Gasteiger partial charge in [0.15, 0.2) is 0 Å². The van der Waals surface area contributed by atoms with Crippen LogP contribution in [0.5, 0.6) is 0 Å². The van der Waals surface area contributed by atoms with Gasteiger partial charge in [-0.05, 0) is 17.7 Å². The highest BCUT2D eigenvalue weighted by Crippen LogP contribution is 2.22. The number of benzene rings is 2. The van der Waals surface area contributed by atoms with E-state index in [9.17, 15) is 4.79 Å². The number of carbonyl (C=O) groups excluding carboxylic acids is 1. The molecular weight excluding hydrogens is 260 g/mol. The molecule has 1 aliphatic heterocycles. The first-order chi connectivity index (χ1) is 8.84. The third kappa shape index (κ3) is 2.66. The van der Waals surface area contributed by atoms with Crippen LogP contribution < -0.4 is 5.01 Å². The molecule has 1 heterocycles.